The molecule has 2 rings (SSSR count). The average molecular weight is 332 g/mol. The molecular weight excluding hydrogens is 312 g/mol. The van der Waals surface area contributed by atoms with Crippen LogP contribution in [-0.4, -0.2) is 33.9 Å². The van der Waals surface area contributed by atoms with E-state index in [1.807, 2.05) is 6.92 Å². The molecule has 0 atom stereocenters. The van der Waals surface area contributed by atoms with Crippen LogP contribution in [0.4, 0.5) is 0 Å². The van der Waals surface area contributed by atoms with Gasteiger partial charge in [0, 0.05) is 29.4 Å². The number of aromatic nitrogens is 2. The fraction of sp³-hybridized carbons (Fsp3) is 0.412. The quantitative estimate of drug-likeness (QED) is 0.571. The van der Waals surface area contributed by atoms with Gasteiger partial charge in [-0.15, -0.1) is 0 Å². The van der Waals surface area contributed by atoms with Gasteiger partial charge in [0.2, 0.25) is 5.78 Å². The summed E-state index contributed by atoms with van der Waals surface area (Å²) in [7, 11) is 0. The maximum absolute atomic E-state index is 12.3. The third-order valence-corrected chi connectivity index (χ3v) is 3.62. The second kappa shape index (κ2) is 7.25. The minimum atomic E-state index is -0.556. The lowest BCUT2D eigenvalue weighted by atomic mass is 10.1. The molecule has 7 nitrogen and oxygen atoms in total. The third kappa shape index (κ3) is 3.98. The van der Waals surface area contributed by atoms with E-state index < -0.39 is 5.97 Å². The van der Waals surface area contributed by atoms with E-state index in [-0.39, 0.29) is 31.0 Å². The molecule has 0 radical (unpaired) electrons. The monoisotopic (exact) mass is 332 g/mol. The Morgan fingerprint density at radius 2 is 1.88 bits per heavy atom. The number of hydrogen-bond donors (Lipinski definition) is 0. The van der Waals surface area contributed by atoms with Gasteiger partial charge in [-0.1, -0.05) is 5.16 Å². The van der Waals surface area contributed by atoms with Crippen LogP contribution >= 0.6 is 0 Å². The number of ketones is 2. The highest BCUT2D eigenvalue weighted by Gasteiger charge is 2.19. The molecule has 0 bridgehead atoms. The number of carbonyl (C=O) groups is 3. The van der Waals surface area contributed by atoms with Crippen LogP contribution in [0, 0.1) is 20.8 Å². The summed E-state index contributed by atoms with van der Waals surface area (Å²) in [4.78, 5) is 34.7. The van der Waals surface area contributed by atoms with E-state index in [4.69, 9.17) is 9.26 Å². The van der Waals surface area contributed by atoms with Gasteiger partial charge in [-0.2, -0.15) is 0 Å². The predicted octanol–water partition coefficient (Wildman–Crippen LogP) is 2.49. The Labute approximate surface area is 139 Å². The van der Waals surface area contributed by atoms with Crippen LogP contribution in [0.3, 0.4) is 0 Å². The number of Topliss-reactive ketones (excluding diaryl/α,β-unsaturated/α-hetero) is 2. The average Bonchev–Trinajstić information content (AvgIpc) is 3.05. The summed E-state index contributed by atoms with van der Waals surface area (Å²) in [6, 6.07) is 3.50. The molecule has 2 heterocycles. The molecule has 0 saturated heterocycles. The van der Waals surface area contributed by atoms with Crippen molar-refractivity contribution in [3.8, 4) is 5.82 Å². The Hall–Kier alpha value is -2.70. The first-order chi connectivity index (χ1) is 11.3. The zero-order chi connectivity index (χ0) is 17.9. The standard InChI is InChI=1S/C17H20N2O5/c1-10-7-14(13(4)19(10)16-8-12(3)24-18-16)15(21)9-23-17(22)6-5-11(2)20/h7-8H,5-6,9H2,1-4H3. The first-order valence-electron chi connectivity index (χ1n) is 7.60. The summed E-state index contributed by atoms with van der Waals surface area (Å²) in [6.45, 7) is 6.49. The lowest BCUT2D eigenvalue weighted by Crippen LogP contribution is -2.15. The van der Waals surface area contributed by atoms with Crippen molar-refractivity contribution < 1.29 is 23.6 Å². The smallest absolute Gasteiger partial charge is 0.306 e. The predicted molar refractivity (Wildman–Crippen MR) is 85.2 cm³/mol. The highest BCUT2D eigenvalue weighted by molar-refractivity contribution is 5.99. The summed E-state index contributed by atoms with van der Waals surface area (Å²) >= 11 is 0. The first kappa shape index (κ1) is 17.7. The summed E-state index contributed by atoms with van der Waals surface area (Å²) in [6.07, 6.45) is 0.104. The highest BCUT2D eigenvalue weighted by atomic mass is 16.5. The van der Waals surface area contributed by atoms with Crippen LogP contribution in [-0.2, 0) is 14.3 Å². The molecule has 7 heteroatoms. The van der Waals surface area contributed by atoms with Crippen molar-refractivity contribution in [1.29, 1.82) is 0 Å². The SMILES string of the molecule is CC(=O)CCC(=O)OCC(=O)c1cc(C)n(-c2cc(C)on2)c1C. The largest absolute Gasteiger partial charge is 0.457 e. The highest BCUT2D eigenvalue weighted by Crippen LogP contribution is 2.21. The summed E-state index contributed by atoms with van der Waals surface area (Å²) in [5, 5.41) is 3.95. The van der Waals surface area contributed by atoms with Crippen LogP contribution in [0.25, 0.3) is 5.82 Å². The molecule has 0 saturated carbocycles. The molecule has 0 spiro atoms. The fourth-order valence-corrected chi connectivity index (χ4v) is 2.43. The zero-order valence-corrected chi connectivity index (χ0v) is 14.2. The fourth-order valence-electron chi connectivity index (χ4n) is 2.43. The van der Waals surface area contributed by atoms with Gasteiger partial charge >= 0.3 is 5.97 Å². The van der Waals surface area contributed by atoms with Crippen molar-refractivity contribution in [3.05, 3.63) is 34.8 Å². The van der Waals surface area contributed by atoms with Crippen LogP contribution < -0.4 is 0 Å². The topological polar surface area (TPSA) is 91.4 Å². The van der Waals surface area contributed by atoms with E-state index in [2.05, 4.69) is 5.16 Å². The van der Waals surface area contributed by atoms with E-state index in [9.17, 15) is 14.4 Å². The molecule has 0 N–H and O–H groups in total. The number of aryl methyl sites for hydroxylation is 2. The van der Waals surface area contributed by atoms with Crippen molar-refractivity contribution in [2.75, 3.05) is 6.61 Å². The Balaban J connectivity index is 2.08. The van der Waals surface area contributed by atoms with Crippen LogP contribution in [0.2, 0.25) is 0 Å². The summed E-state index contributed by atoms with van der Waals surface area (Å²) in [5.41, 5.74) is 1.99. The molecule has 2 aromatic rings. The molecule has 0 aliphatic heterocycles. The van der Waals surface area contributed by atoms with E-state index >= 15 is 0 Å². The number of nitrogens with zero attached hydrogens (tertiary/aromatic N) is 2. The second-order valence-electron chi connectivity index (χ2n) is 5.70. The number of esters is 1. The lowest BCUT2D eigenvalue weighted by Gasteiger charge is -2.06. The van der Waals surface area contributed by atoms with E-state index in [1.165, 1.54) is 6.92 Å². The van der Waals surface area contributed by atoms with Crippen LogP contribution in [0.5, 0.6) is 0 Å². The first-order valence-corrected chi connectivity index (χ1v) is 7.60. The van der Waals surface area contributed by atoms with Gasteiger partial charge < -0.3 is 14.1 Å². The Morgan fingerprint density at radius 3 is 2.46 bits per heavy atom. The Morgan fingerprint density at radius 1 is 1.17 bits per heavy atom. The van der Waals surface area contributed by atoms with E-state index in [1.54, 1.807) is 30.5 Å². The van der Waals surface area contributed by atoms with Gasteiger partial charge in [-0.05, 0) is 33.8 Å². The molecule has 128 valence electrons. The van der Waals surface area contributed by atoms with Gasteiger partial charge in [0.05, 0.1) is 6.42 Å². The number of ether oxygens (including phenoxy) is 1. The minimum Gasteiger partial charge on any atom is -0.457 e. The van der Waals surface area contributed by atoms with Gasteiger partial charge in [0.25, 0.3) is 0 Å². The molecule has 2 aromatic heterocycles. The second-order valence-corrected chi connectivity index (χ2v) is 5.70. The van der Waals surface area contributed by atoms with Crippen LogP contribution in [0.1, 0.15) is 47.3 Å². The maximum atomic E-state index is 12.3. The minimum absolute atomic E-state index is 0.0140. The van der Waals surface area contributed by atoms with Crippen molar-refractivity contribution in [3.63, 3.8) is 0 Å². The Bertz CT molecular complexity index is 785. The van der Waals surface area contributed by atoms with E-state index in [0.29, 0.717) is 22.8 Å². The zero-order valence-electron chi connectivity index (χ0n) is 14.2. The lowest BCUT2D eigenvalue weighted by molar-refractivity contribution is -0.143. The molecule has 0 fully saturated rings. The van der Waals surface area contributed by atoms with Crippen LogP contribution in [0.15, 0.2) is 16.7 Å². The molecule has 0 amide bonds. The third-order valence-electron chi connectivity index (χ3n) is 3.62. The molecule has 0 aliphatic rings. The van der Waals surface area contributed by atoms with Gasteiger partial charge in [-0.3, -0.25) is 14.2 Å². The van der Waals surface area contributed by atoms with Crippen molar-refractivity contribution in [1.82, 2.24) is 9.72 Å². The molecule has 0 aromatic carbocycles. The molecule has 0 aliphatic carbocycles. The summed E-state index contributed by atoms with van der Waals surface area (Å²) in [5.74, 6) is 0.319. The Kier molecular flexibility index (Phi) is 5.33. The number of rotatable bonds is 7. The van der Waals surface area contributed by atoms with Crippen molar-refractivity contribution >= 4 is 17.5 Å². The van der Waals surface area contributed by atoms with E-state index in [0.717, 1.165) is 5.69 Å². The van der Waals surface area contributed by atoms with Gasteiger partial charge in [-0.25, -0.2) is 0 Å². The summed E-state index contributed by atoms with van der Waals surface area (Å²) < 4.78 is 11.8. The number of carbonyl (C=O) groups excluding carboxylic acids is 3. The number of hydrogen-bond acceptors (Lipinski definition) is 6. The van der Waals surface area contributed by atoms with Gasteiger partial charge in [0.1, 0.15) is 11.5 Å². The van der Waals surface area contributed by atoms with Crippen molar-refractivity contribution in [2.45, 2.75) is 40.5 Å². The normalized spacial score (nSPS) is 10.7. The maximum Gasteiger partial charge on any atom is 0.306 e. The van der Waals surface area contributed by atoms with Gasteiger partial charge in [0.15, 0.2) is 12.4 Å². The molecular formula is C17H20N2O5. The van der Waals surface area contributed by atoms with Crippen molar-refractivity contribution in [2.24, 2.45) is 0 Å². The molecule has 0 unspecified atom stereocenters. The molecule has 24 heavy (non-hydrogen) atoms.